The number of nitrogens with zero attached hydrogens (tertiary/aromatic N) is 3. The maximum atomic E-state index is 13.8. The number of benzene rings is 1. The van der Waals surface area contributed by atoms with E-state index in [2.05, 4.69) is 20.8 Å². The fourth-order valence-corrected chi connectivity index (χ4v) is 2.13. The summed E-state index contributed by atoms with van der Waals surface area (Å²) in [5, 5.41) is 19.1. The molecule has 2 rings (SSSR count). The number of aromatic nitrogens is 1. The van der Waals surface area contributed by atoms with Crippen LogP contribution in [0.3, 0.4) is 0 Å². The lowest BCUT2D eigenvalue weighted by atomic mass is 10.1. The first-order valence-electron chi connectivity index (χ1n) is 8.19. The molecule has 0 saturated heterocycles. The van der Waals surface area contributed by atoms with E-state index in [1.807, 2.05) is 32.9 Å². The van der Waals surface area contributed by atoms with Crippen molar-refractivity contribution in [1.82, 2.24) is 15.8 Å². The van der Waals surface area contributed by atoms with E-state index in [0.29, 0.717) is 41.9 Å². The van der Waals surface area contributed by atoms with Crippen LogP contribution in [0.5, 0.6) is 0 Å². The molecular weight excluding hydrogens is 448 g/mol. The standard InChI is InChI=1S/C18H22FN5O.HI/c1-4-21-18(23-11-15-8-17(12(2)3)24-25-15)22-10-14-7-13(9-20)5-6-16(14)19;/h5-8,12H,4,10-11H2,1-3H3,(H2,21,22,23);1H. The lowest BCUT2D eigenvalue weighted by Gasteiger charge is -2.10. The van der Waals surface area contributed by atoms with Gasteiger partial charge in [-0.2, -0.15) is 5.26 Å². The van der Waals surface area contributed by atoms with Gasteiger partial charge in [-0.05, 0) is 31.0 Å². The van der Waals surface area contributed by atoms with E-state index in [9.17, 15) is 4.39 Å². The van der Waals surface area contributed by atoms with Gasteiger partial charge in [-0.1, -0.05) is 19.0 Å². The lowest BCUT2D eigenvalue weighted by Crippen LogP contribution is -2.36. The summed E-state index contributed by atoms with van der Waals surface area (Å²) in [5.74, 6) is 1.16. The molecule has 0 aliphatic carbocycles. The Morgan fingerprint density at radius 1 is 1.35 bits per heavy atom. The molecule has 0 unspecified atom stereocenters. The molecule has 1 aromatic carbocycles. The predicted molar refractivity (Wildman–Crippen MR) is 109 cm³/mol. The minimum atomic E-state index is -0.379. The van der Waals surface area contributed by atoms with Gasteiger partial charge in [-0.25, -0.2) is 9.38 Å². The molecule has 6 nitrogen and oxygen atoms in total. The van der Waals surface area contributed by atoms with Crippen LogP contribution in [0.25, 0.3) is 0 Å². The number of nitrogens with one attached hydrogen (secondary N) is 2. The molecule has 0 atom stereocenters. The van der Waals surface area contributed by atoms with Gasteiger partial charge in [0, 0.05) is 18.2 Å². The van der Waals surface area contributed by atoms with Gasteiger partial charge in [-0.15, -0.1) is 24.0 Å². The highest BCUT2D eigenvalue weighted by Gasteiger charge is 2.09. The van der Waals surface area contributed by atoms with Crippen LogP contribution in [0.15, 0.2) is 33.8 Å². The number of halogens is 2. The first-order chi connectivity index (χ1) is 12.0. The number of guanidine groups is 1. The minimum absolute atomic E-state index is 0. The van der Waals surface area contributed by atoms with E-state index in [1.165, 1.54) is 18.2 Å². The average Bonchev–Trinajstić information content (AvgIpc) is 3.08. The van der Waals surface area contributed by atoms with Crippen LogP contribution in [0.2, 0.25) is 0 Å². The molecule has 0 spiro atoms. The molecular formula is C18H23FIN5O. The molecule has 0 aliphatic heterocycles. The lowest BCUT2D eigenvalue weighted by molar-refractivity contribution is 0.372. The Labute approximate surface area is 169 Å². The summed E-state index contributed by atoms with van der Waals surface area (Å²) in [4.78, 5) is 4.36. The predicted octanol–water partition coefficient (Wildman–Crippen LogP) is 3.68. The minimum Gasteiger partial charge on any atom is -0.359 e. The van der Waals surface area contributed by atoms with Gasteiger partial charge in [0.05, 0.1) is 30.4 Å². The van der Waals surface area contributed by atoms with Gasteiger partial charge in [0.2, 0.25) is 0 Å². The Bertz CT molecular complexity index is 782. The summed E-state index contributed by atoms with van der Waals surface area (Å²) < 4.78 is 19.1. The molecule has 8 heteroatoms. The smallest absolute Gasteiger partial charge is 0.191 e. The largest absolute Gasteiger partial charge is 0.359 e. The molecule has 1 heterocycles. The van der Waals surface area contributed by atoms with Crippen molar-refractivity contribution in [3.8, 4) is 6.07 Å². The van der Waals surface area contributed by atoms with E-state index < -0.39 is 0 Å². The number of aliphatic imine (C=N–C) groups is 1. The zero-order valence-corrected chi connectivity index (χ0v) is 17.4. The molecule has 140 valence electrons. The third-order valence-electron chi connectivity index (χ3n) is 3.53. The molecule has 0 saturated carbocycles. The molecule has 0 aliphatic rings. The first kappa shape index (κ1) is 21.9. The number of nitriles is 1. The Balaban J connectivity index is 0.00000338. The third kappa shape index (κ3) is 6.29. The molecule has 0 bridgehead atoms. The Morgan fingerprint density at radius 2 is 2.12 bits per heavy atom. The van der Waals surface area contributed by atoms with Crippen LogP contribution in [-0.2, 0) is 13.1 Å². The first-order valence-corrected chi connectivity index (χ1v) is 8.19. The molecule has 0 radical (unpaired) electrons. The number of rotatable bonds is 6. The SMILES string of the molecule is CCNC(=NCc1cc(C#N)ccc1F)NCc1cc(C(C)C)no1.I. The quantitative estimate of drug-likeness (QED) is 0.382. The Kier molecular flexibility index (Phi) is 9.05. The summed E-state index contributed by atoms with van der Waals surface area (Å²) in [6, 6.07) is 8.14. The van der Waals surface area contributed by atoms with Crippen LogP contribution in [0.1, 0.15) is 49.3 Å². The van der Waals surface area contributed by atoms with Crippen LogP contribution in [0, 0.1) is 17.1 Å². The van der Waals surface area contributed by atoms with Gasteiger partial charge in [0.1, 0.15) is 5.82 Å². The van der Waals surface area contributed by atoms with Crippen molar-refractivity contribution < 1.29 is 8.91 Å². The summed E-state index contributed by atoms with van der Waals surface area (Å²) >= 11 is 0. The molecule has 1 aromatic heterocycles. The highest BCUT2D eigenvalue weighted by atomic mass is 127. The molecule has 0 amide bonds. The zero-order valence-electron chi connectivity index (χ0n) is 15.0. The second-order valence-electron chi connectivity index (χ2n) is 5.84. The Morgan fingerprint density at radius 3 is 2.73 bits per heavy atom. The molecule has 0 fully saturated rings. The van der Waals surface area contributed by atoms with Crippen LogP contribution in [0.4, 0.5) is 4.39 Å². The summed E-state index contributed by atoms with van der Waals surface area (Å²) in [6.45, 7) is 7.26. The highest BCUT2D eigenvalue weighted by Crippen LogP contribution is 2.14. The second kappa shape index (κ2) is 10.8. The monoisotopic (exact) mass is 471 g/mol. The van der Waals surface area contributed by atoms with Crippen molar-refractivity contribution in [2.75, 3.05) is 6.54 Å². The van der Waals surface area contributed by atoms with Crippen molar-refractivity contribution >= 4 is 29.9 Å². The van der Waals surface area contributed by atoms with Crippen LogP contribution >= 0.6 is 24.0 Å². The van der Waals surface area contributed by atoms with E-state index in [0.717, 1.165) is 5.69 Å². The zero-order chi connectivity index (χ0) is 18.2. The van der Waals surface area contributed by atoms with Gasteiger partial charge in [0.15, 0.2) is 11.7 Å². The third-order valence-corrected chi connectivity index (χ3v) is 3.53. The summed E-state index contributed by atoms with van der Waals surface area (Å²) in [5.41, 5.74) is 1.68. The van der Waals surface area contributed by atoms with Crippen molar-refractivity contribution in [3.05, 3.63) is 52.7 Å². The van der Waals surface area contributed by atoms with Crippen molar-refractivity contribution in [1.29, 1.82) is 5.26 Å². The number of hydrogen-bond donors (Lipinski definition) is 2. The Hall–Kier alpha value is -2.15. The normalized spacial score (nSPS) is 11.0. The maximum Gasteiger partial charge on any atom is 0.191 e. The number of hydrogen-bond acceptors (Lipinski definition) is 4. The highest BCUT2D eigenvalue weighted by molar-refractivity contribution is 14.0. The van der Waals surface area contributed by atoms with Crippen LogP contribution < -0.4 is 10.6 Å². The average molecular weight is 471 g/mol. The van der Waals surface area contributed by atoms with Crippen molar-refractivity contribution in [2.45, 2.75) is 39.8 Å². The molecule has 26 heavy (non-hydrogen) atoms. The second-order valence-corrected chi connectivity index (χ2v) is 5.84. The van der Waals surface area contributed by atoms with Crippen molar-refractivity contribution in [2.24, 2.45) is 4.99 Å². The van der Waals surface area contributed by atoms with Crippen molar-refractivity contribution in [3.63, 3.8) is 0 Å². The van der Waals surface area contributed by atoms with E-state index in [-0.39, 0.29) is 36.3 Å². The van der Waals surface area contributed by atoms with Gasteiger partial charge < -0.3 is 15.2 Å². The fourth-order valence-electron chi connectivity index (χ4n) is 2.13. The van der Waals surface area contributed by atoms with Gasteiger partial charge in [0.25, 0.3) is 0 Å². The van der Waals surface area contributed by atoms with Gasteiger partial charge in [-0.3, -0.25) is 0 Å². The van der Waals surface area contributed by atoms with Gasteiger partial charge >= 0.3 is 0 Å². The van der Waals surface area contributed by atoms with Crippen LogP contribution in [-0.4, -0.2) is 17.7 Å². The topological polar surface area (TPSA) is 86.2 Å². The van der Waals surface area contributed by atoms with E-state index >= 15 is 0 Å². The maximum absolute atomic E-state index is 13.8. The van der Waals surface area contributed by atoms with E-state index in [1.54, 1.807) is 0 Å². The van der Waals surface area contributed by atoms with E-state index in [4.69, 9.17) is 9.78 Å². The summed E-state index contributed by atoms with van der Waals surface area (Å²) in [6.07, 6.45) is 0. The fraction of sp³-hybridized carbons (Fsp3) is 0.389. The molecule has 2 aromatic rings. The summed E-state index contributed by atoms with van der Waals surface area (Å²) in [7, 11) is 0. The molecule has 2 N–H and O–H groups in total.